The zero-order valence-corrected chi connectivity index (χ0v) is 45.2. The van der Waals surface area contributed by atoms with Gasteiger partial charge in [0.2, 0.25) is 0 Å². The van der Waals surface area contributed by atoms with Gasteiger partial charge in [-0.25, -0.2) is 9.97 Å². The Morgan fingerprint density at radius 2 is 1.18 bits per heavy atom. The number of hydrogen-bond acceptors (Lipinski definition) is 14. The number of methoxy groups -OCH3 is 2. The molecule has 5 heterocycles. The molecule has 0 unspecified atom stereocenters. The topological polar surface area (TPSA) is 150 Å². The van der Waals surface area contributed by atoms with Gasteiger partial charge in [-0.05, 0) is 123 Å². The van der Waals surface area contributed by atoms with Gasteiger partial charge in [0.05, 0.1) is 46.2 Å². The summed E-state index contributed by atoms with van der Waals surface area (Å²) < 4.78 is 48.3. The number of rotatable bonds is 20. The van der Waals surface area contributed by atoms with Crippen molar-refractivity contribution in [3.8, 4) is 11.5 Å². The van der Waals surface area contributed by atoms with Crippen LogP contribution in [0.4, 0.5) is 11.5 Å². The molecular formula is C56H80N6O9. The van der Waals surface area contributed by atoms with Gasteiger partial charge in [0.1, 0.15) is 36.1 Å². The average Bonchev–Trinajstić information content (AvgIpc) is 3.70. The lowest BCUT2D eigenvalue weighted by Gasteiger charge is -2.41. The molecule has 2 aliphatic rings. The van der Waals surface area contributed by atoms with E-state index >= 15 is 0 Å². The first-order valence-corrected chi connectivity index (χ1v) is 24.9. The van der Waals surface area contributed by atoms with E-state index in [2.05, 4.69) is 71.7 Å². The Morgan fingerprint density at radius 3 is 1.69 bits per heavy atom. The highest BCUT2D eigenvalue weighted by molar-refractivity contribution is 5.90. The van der Waals surface area contributed by atoms with Gasteiger partial charge in [-0.1, -0.05) is 38.1 Å². The molecule has 0 aliphatic carbocycles. The van der Waals surface area contributed by atoms with Crippen molar-refractivity contribution in [2.45, 2.75) is 134 Å². The molecule has 0 spiro atoms. The molecule has 0 radical (unpaired) electrons. The Balaban J connectivity index is 0.000000262. The number of Topliss-reactive ketones (excluding diaryl/α,β-unsaturated/α-hetero) is 1. The summed E-state index contributed by atoms with van der Waals surface area (Å²) in [5.41, 5.74) is 10.8. The third-order valence-corrected chi connectivity index (χ3v) is 13.4. The van der Waals surface area contributed by atoms with E-state index in [9.17, 15) is 4.79 Å². The molecule has 0 bridgehead atoms. The van der Waals surface area contributed by atoms with Crippen LogP contribution in [0.2, 0.25) is 0 Å². The maximum atomic E-state index is 12.3. The number of ketones is 1. The summed E-state index contributed by atoms with van der Waals surface area (Å²) in [6.07, 6.45) is 0.318. The molecule has 2 aromatic carbocycles. The number of carbonyl (C=O) groups is 1. The highest BCUT2D eigenvalue weighted by atomic mass is 16.7. The third-order valence-electron chi connectivity index (χ3n) is 13.4. The number of pyridine rings is 2. The van der Waals surface area contributed by atoms with E-state index in [-0.39, 0.29) is 23.2 Å². The molecule has 15 heteroatoms. The summed E-state index contributed by atoms with van der Waals surface area (Å²) in [5, 5.41) is 3.57. The van der Waals surface area contributed by atoms with E-state index in [4.69, 9.17) is 47.9 Å². The number of fused-ring (bicyclic) bond motifs is 1. The Hall–Kier alpha value is -5.16. The van der Waals surface area contributed by atoms with E-state index in [0.717, 1.165) is 84.8 Å². The maximum absolute atomic E-state index is 12.3. The van der Waals surface area contributed by atoms with Crippen molar-refractivity contribution in [1.29, 1.82) is 0 Å². The monoisotopic (exact) mass is 981 g/mol. The van der Waals surface area contributed by atoms with Crippen LogP contribution in [0.15, 0.2) is 48.5 Å². The minimum atomic E-state index is -0.586. The highest BCUT2D eigenvalue weighted by Crippen LogP contribution is 2.37. The Bertz CT molecular complexity index is 2500. The molecule has 5 aromatic rings. The number of imidazole rings is 1. The van der Waals surface area contributed by atoms with Crippen LogP contribution in [0.1, 0.15) is 106 Å². The summed E-state index contributed by atoms with van der Waals surface area (Å²) in [4.78, 5) is 29.6. The first-order chi connectivity index (χ1) is 33.6. The van der Waals surface area contributed by atoms with Crippen LogP contribution in [0.25, 0.3) is 11.0 Å². The van der Waals surface area contributed by atoms with Crippen molar-refractivity contribution >= 4 is 28.3 Å². The zero-order chi connectivity index (χ0) is 51.7. The van der Waals surface area contributed by atoms with Crippen molar-refractivity contribution in [1.82, 2.24) is 19.5 Å². The second-order valence-corrected chi connectivity index (χ2v) is 20.7. The maximum Gasteiger partial charge on any atom is 0.162 e. The van der Waals surface area contributed by atoms with E-state index < -0.39 is 11.6 Å². The van der Waals surface area contributed by atoms with Gasteiger partial charge in [-0.3, -0.25) is 9.78 Å². The van der Waals surface area contributed by atoms with Gasteiger partial charge >= 0.3 is 0 Å². The zero-order valence-electron chi connectivity index (χ0n) is 45.2. The molecule has 1 N–H and O–H groups in total. The second-order valence-electron chi connectivity index (χ2n) is 20.7. The molecule has 0 amide bonds. The van der Waals surface area contributed by atoms with Gasteiger partial charge in [0.25, 0.3) is 0 Å². The Kier molecular flexibility index (Phi) is 18.3. The third kappa shape index (κ3) is 14.3. The predicted octanol–water partition coefficient (Wildman–Crippen LogP) is 9.95. The van der Waals surface area contributed by atoms with Crippen LogP contribution in [-0.4, -0.2) is 104 Å². The van der Waals surface area contributed by atoms with Crippen molar-refractivity contribution in [2.75, 3.05) is 77.2 Å². The summed E-state index contributed by atoms with van der Waals surface area (Å²) in [6, 6.07) is 16.4. The van der Waals surface area contributed by atoms with E-state index in [0.29, 0.717) is 78.8 Å². The number of aryl methyl sites for hydroxylation is 4. The Labute approximate surface area is 422 Å². The van der Waals surface area contributed by atoms with Gasteiger partial charge in [0, 0.05) is 85.0 Å². The molecule has 15 nitrogen and oxygen atoms in total. The van der Waals surface area contributed by atoms with Crippen molar-refractivity contribution in [2.24, 2.45) is 10.8 Å². The predicted molar refractivity (Wildman–Crippen MR) is 279 cm³/mol. The fourth-order valence-corrected chi connectivity index (χ4v) is 8.65. The summed E-state index contributed by atoms with van der Waals surface area (Å²) in [7, 11) is 3.37. The lowest BCUT2D eigenvalue weighted by molar-refractivity contribution is -0.284. The number of benzene rings is 2. The second kappa shape index (κ2) is 23.6. The van der Waals surface area contributed by atoms with E-state index in [1.807, 2.05) is 86.6 Å². The number of nitrogens with zero attached hydrogens (tertiary/aromatic N) is 5. The van der Waals surface area contributed by atoms with Crippen molar-refractivity contribution in [3.05, 3.63) is 99.3 Å². The fourth-order valence-electron chi connectivity index (χ4n) is 8.65. The van der Waals surface area contributed by atoms with Crippen LogP contribution in [0.5, 0.6) is 11.5 Å². The number of aromatic nitrogens is 4. The van der Waals surface area contributed by atoms with Crippen LogP contribution >= 0.6 is 0 Å². The molecule has 388 valence electrons. The fraction of sp³-hybridized carbons (Fsp3) is 0.571. The van der Waals surface area contributed by atoms with Crippen molar-refractivity contribution < 1.29 is 42.7 Å². The van der Waals surface area contributed by atoms with Crippen LogP contribution in [-0.2, 0) is 65.9 Å². The molecule has 0 atom stereocenters. The largest absolute Gasteiger partial charge is 0.497 e. The number of anilines is 2. The smallest absolute Gasteiger partial charge is 0.162 e. The van der Waals surface area contributed by atoms with Gasteiger partial charge in [0.15, 0.2) is 23.2 Å². The first-order valence-electron chi connectivity index (χ1n) is 24.9. The lowest BCUT2D eigenvalue weighted by atomic mass is 9.90. The summed E-state index contributed by atoms with van der Waals surface area (Å²) >= 11 is 0. The molecule has 2 fully saturated rings. The van der Waals surface area contributed by atoms with Gasteiger partial charge < -0.3 is 52.7 Å². The minimum absolute atomic E-state index is 0.0605. The highest BCUT2D eigenvalue weighted by Gasteiger charge is 2.39. The number of carbonyl (C=O) groups excluding carboxylic acids is 1. The normalized spacial score (nSPS) is 16.8. The summed E-state index contributed by atoms with van der Waals surface area (Å²) in [5.74, 6) is 2.31. The van der Waals surface area contributed by atoms with Crippen LogP contribution in [0.3, 0.4) is 0 Å². The van der Waals surface area contributed by atoms with Crippen LogP contribution in [0, 0.1) is 45.4 Å². The number of nitrogens with one attached hydrogen (secondary N) is 1. The molecular weight excluding hydrogens is 901 g/mol. The minimum Gasteiger partial charge on any atom is -0.497 e. The number of hydrogen-bond donors (Lipinski definition) is 1. The van der Waals surface area contributed by atoms with Gasteiger partial charge in [-0.2, -0.15) is 0 Å². The molecule has 2 aliphatic heterocycles. The quantitative estimate of drug-likeness (QED) is 0.0788. The van der Waals surface area contributed by atoms with Crippen LogP contribution < -0.4 is 19.7 Å². The molecule has 3 aromatic heterocycles. The van der Waals surface area contributed by atoms with E-state index in [1.165, 1.54) is 0 Å². The molecule has 71 heavy (non-hydrogen) atoms. The summed E-state index contributed by atoms with van der Waals surface area (Å²) in [6.45, 7) is 33.0. The van der Waals surface area contributed by atoms with Gasteiger partial charge in [-0.15, -0.1) is 0 Å². The van der Waals surface area contributed by atoms with E-state index in [1.54, 1.807) is 14.2 Å². The molecule has 7 rings (SSSR count). The SMILES string of the molecule is CCOCC(=O)Cc1c(C)nc(C)c(C)c1NCC1(C)COC(C)(C)OC1.CCOCc1nc2c(N(Cc3ccc(OC)cc3)Cc3ccc(OC)cc3)nc(C)c(C)c2n1CC1(C)COC(C)(C)OC1. The average molecular weight is 981 g/mol. The lowest BCUT2D eigenvalue weighted by Crippen LogP contribution is -2.48. The number of ether oxygens (including phenoxy) is 8. The molecule has 2 saturated heterocycles. The Morgan fingerprint density at radius 1 is 0.676 bits per heavy atom. The standard InChI is InChI=1S/C35H46N4O5.C21H34N2O4/c1-9-42-20-30-37-31-32(39(30)21-35(6)22-43-34(4,5)44-23-35)24(2)25(3)36-33(31)38(18-26-10-14-28(40-7)15-11-26)19-27-12-16-29(41-8)17-13-27;1-8-25-10-17(24)9-18-16(4)23-15(3)14(2)19(18)22-11-21(7)12-26-20(5,6)27-13-21/h10-17H,9,18-23H2,1-8H3;8-13H2,1-7H3,(H,22,23). The first kappa shape index (κ1) is 55.2. The van der Waals surface area contributed by atoms with Crippen molar-refractivity contribution in [3.63, 3.8) is 0 Å². The molecule has 0 saturated carbocycles.